The minimum atomic E-state index is 0.0698. The van der Waals surface area contributed by atoms with Crippen LogP contribution in [-0.4, -0.2) is 29.9 Å². The zero-order valence-electron chi connectivity index (χ0n) is 11.0. The first-order valence-corrected chi connectivity index (χ1v) is 8.31. The summed E-state index contributed by atoms with van der Waals surface area (Å²) in [5.41, 5.74) is 1.47. The molecule has 1 unspecified atom stereocenters. The summed E-state index contributed by atoms with van der Waals surface area (Å²) in [7, 11) is 0. The standard InChI is InChI=1S/C14H25NS/c1-5-15(16(3)4)12-11-13(2)14-9-7-6-8-10-14/h6-10,13,16H,5,11-12H2,1-4H3. The molecule has 0 aliphatic rings. The highest BCUT2D eigenvalue weighted by Gasteiger charge is 2.08. The molecule has 1 aromatic carbocycles. The summed E-state index contributed by atoms with van der Waals surface area (Å²) in [5.74, 6) is 0.671. The Morgan fingerprint density at radius 1 is 1.19 bits per heavy atom. The first-order valence-electron chi connectivity index (χ1n) is 6.12. The Morgan fingerprint density at radius 2 is 1.81 bits per heavy atom. The van der Waals surface area contributed by atoms with Gasteiger partial charge < -0.3 is 0 Å². The van der Waals surface area contributed by atoms with Gasteiger partial charge in [0.1, 0.15) is 0 Å². The van der Waals surface area contributed by atoms with Crippen molar-refractivity contribution >= 4 is 11.1 Å². The molecule has 2 heteroatoms. The molecule has 0 heterocycles. The lowest BCUT2D eigenvalue weighted by atomic mass is 9.98. The van der Waals surface area contributed by atoms with E-state index in [1.807, 2.05) is 0 Å². The van der Waals surface area contributed by atoms with E-state index in [4.69, 9.17) is 0 Å². The number of nitrogens with zero attached hydrogens (tertiary/aromatic N) is 1. The molecule has 0 saturated heterocycles. The van der Waals surface area contributed by atoms with Crippen molar-refractivity contribution in [2.45, 2.75) is 26.2 Å². The molecule has 1 atom stereocenters. The SMILES string of the molecule is CCN(CCC(C)c1ccccc1)[SH](C)C. The molecule has 0 fully saturated rings. The van der Waals surface area contributed by atoms with Crippen molar-refractivity contribution in [1.82, 2.24) is 4.31 Å². The Morgan fingerprint density at radius 3 is 2.31 bits per heavy atom. The zero-order valence-corrected chi connectivity index (χ0v) is 11.9. The number of thiol groups is 1. The first-order chi connectivity index (χ1) is 7.65. The van der Waals surface area contributed by atoms with Crippen LogP contribution < -0.4 is 0 Å². The third-order valence-corrected chi connectivity index (χ3v) is 4.73. The van der Waals surface area contributed by atoms with Gasteiger partial charge in [-0.05, 0) is 30.4 Å². The molecule has 0 aliphatic carbocycles. The van der Waals surface area contributed by atoms with E-state index in [2.05, 4.69) is 61.0 Å². The minimum absolute atomic E-state index is 0.0698. The van der Waals surface area contributed by atoms with Gasteiger partial charge >= 0.3 is 0 Å². The second-order valence-electron chi connectivity index (χ2n) is 4.49. The maximum Gasteiger partial charge on any atom is 0.00771 e. The Kier molecular flexibility index (Phi) is 5.93. The van der Waals surface area contributed by atoms with E-state index < -0.39 is 0 Å². The van der Waals surface area contributed by atoms with Crippen molar-refractivity contribution in [3.05, 3.63) is 35.9 Å². The fourth-order valence-electron chi connectivity index (χ4n) is 1.93. The summed E-state index contributed by atoms with van der Waals surface area (Å²) in [6.07, 6.45) is 5.94. The topological polar surface area (TPSA) is 3.24 Å². The molecule has 0 saturated carbocycles. The van der Waals surface area contributed by atoms with Crippen molar-refractivity contribution in [1.29, 1.82) is 0 Å². The summed E-state index contributed by atoms with van der Waals surface area (Å²) < 4.78 is 2.59. The Bertz CT molecular complexity index is 284. The molecule has 0 N–H and O–H groups in total. The van der Waals surface area contributed by atoms with Crippen molar-refractivity contribution < 1.29 is 0 Å². The van der Waals surface area contributed by atoms with Crippen LogP contribution >= 0.6 is 11.1 Å². The summed E-state index contributed by atoms with van der Waals surface area (Å²) >= 11 is 0.0698. The van der Waals surface area contributed by atoms with E-state index in [0.717, 1.165) is 0 Å². The average molecular weight is 239 g/mol. The molecule has 0 spiro atoms. The van der Waals surface area contributed by atoms with E-state index in [9.17, 15) is 0 Å². The molecule has 0 bridgehead atoms. The van der Waals surface area contributed by atoms with E-state index in [1.54, 1.807) is 0 Å². The van der Waals surface area contributed by atoms with E-state index in [0.29, 0.717) is 5.92 Å². The van der Waals surface area contributed by atoms with Crippen LogP contribution in [0.5, 0.6) is 0 Å². The number of hydrogen-bond donors (Lipinski definition) is 1. The summed E-state index contributed by atoms with van der Waals surface area (Å²) in [4.78, 5) is 0. The maximum atomic E-state index is 2.59. The van der Waals surface area contributed by atoms with Crippen molar-refractivity contribution in [3.63, 3.8) is 0 Å². The van der Waals surface area contributed by atoms with Gasteiger partial charge in [0.15, 0.2) is 0 Å². The first kappa shape index (κ1) is 13.6. The normalized spacial score (nSPS) is 13.9. The fraction of sp³-hybridized carbons (Fsp3) is 0.571. The Balaban J connectivity index is 2.43. The molecule has 0 aromatic heterocycles. The van der Waals surface area contributed by atoms with Crippen molar-refractivity contribution in [3.8, 4) is 0 Å². The molecule has 0 radical (unpaired) electrons. The molecular weight excluding hydrogens is 214 g/mol. The van der Waals surface area contributed by atoms with Crippen LogP contribution in [0.3, 0.4) is 0 Å². The van der Waals surface area contributed by atoms with Crippen LogP contribution in [0.2, 0.25) is 0 Å². The van der Waals surface area contributed by atoms with E-state index >= 15 is 0 Å². The number of benzene rings is 1. The largest absolute Gasteiger partial charge is 0.271 e. The lowest BCUT2D eigenvalue weighted by Crippen LogP contribution is -2.21. The van der Waals surface area contributed by atoms with E-state index in [-0.39, 0.29) is 11.1 Å². The van der Waals surface area contributed by atoms with Crippen molar-refractivity contribution in [2.24, 2.45) is 0 Å². The predicted octanol–water partition coefficient (Wildman–Crippen LogP) is 3.68. The molecule has 1 nitrogen and oxygen atoms in total. The minimum Gasteiger partial charge on any atom is -0.271 e. The predicted molar refractivity (Wildman–Crippen MR) is 77.6 cm³/mol. The van der Waals surface area contributed by atoms with Crippen LogP contribution in [0.15, 0.2) is 30.3 Å². The molecule has 16 heavy (non-hydrogen) atoms. The zero-order chi connectivity index (χ0) is 12.0. The van der Waals surface area contributed by atoms with Crippen LogP contribution in [0.1, 0.15) is 31.7 Å². The average Bonchev–Trinajstić information content (AvgIpc) is 2.30. The van der Waals surface area contributed by atoms with Gasteiger partial charge in [-0.1, -0.05) is 44.2 Å². The molecular formula is C14H25NS. The van der Waals surface area contributed by atoms with Gasteiger partial charge in [-0.2, -0.15) is 0 Å². The van der Waals surface area contributed by atoms with Crippen LogP contribution in [0, 0.1) is 0 Å². The number of rotatable bonds is 6. The lowest BCUT2D eigenvalue weighted by molar-refractivity contribution is 0.457. The molecule has 1 aromatic rings. The Hall–Kier alpha value is -0.470. The van der Waals surface area contributed by atoms with Crippen molar-refractivity contribution in [2.75, 3.05) is 25.6 Å². The summed E-state index contributed by atoms with van der Waals surface area (Å²) in [6.45, 7) is 7.00. The molecule has 92 valence electrons. The monoisotopic (exact) mass is 239 g/mol. The van der Waals surface area contributed by atoms with Gasteiger partial charge in [0.2, 0.25) is 0 Å². The quantitative estimate of drug-likeness (QED) is 0.741. The van der Waals surface area contributed by atoms with Crippen LogP contribution in [0.25, 0.3) is 0 Å². The van der Waals surface area contributed by atoms with Crippen LogP contribution in [-0.2, 0) is 0 Å². The highest BCUT2D eigenvalue weighted by atomic mass is 32.2. The summed E-state index contributed by atoms with van der Waals surface area (Å²) in [6, 6.07) is 10.8. The molecule has 1 rings (SSSR count). The third kappa shape index (κ3) is 4.18. The fourth-order valence-corrected chi connectivity index (χ4v) is 3.01. The smallest absolute Gasteiger partial charge is 0.00771 e. The van der Waals surface area contributed by atoms with Gasteiger partial charge in [-0.15, -0.1) is 0 Å². The second kappa shape index (κ2) is 6.97. The van der Waals surface area contributed by atoms with Gasteiger partial charge in [0.05, 0.1) is 0 Å². The molecule has 0 amide bonds. The highest BCUT2D eigenvalue weighted by Crippen LogP contribution is 2.24. The van der Waals surface area contributed by atoms with Crippen LogP contribution in [0.4, 0.5) is 0 Å². The van der Waals surface area contributed by atoms with Gasteiger partial charge in [-0.25, -0.2) is 11.1 Å². The van der Waals surface area contributed by atoms with Gasteiger partial charge in [-0.3, -0.25) is 4.31 Å². The molecule has 0 aliphatic heterocycles. The number of hydrogen-bond acceptors (Lipinski definition) is 1. The van der Waals surface area contributed by atoms with E-state index in [1.165, 1.54) is 25.1 Å². The second-order valence-corrected chi connectivity index (χ2v) is 6.75. The Labute approximate surface area is 103 Å². The van der Waals surface area contributed by atoms with Gasteiger partial charge in [0, 0.05) is 13.1 Å². The highest BCUT2D eigenvalue weighted by molar-refractivity contribution is 8.13. The lowest BCUT2D eigenvalue weighted by Gasteiger charge is -2.28. The van der Waals surface area contributed by atoms with Gasteiger partial charge in [0.25, 0.3) is 0 Å². The summed E-state index contributed by atoms with van der Waals surface area (Å²) in [5, 5.41) is 0. The maximum absolute atomic E-state index is 2.59. The third-order valence-electron chi connectivity index (χ3n) is 3.12.